The van der Waals surface area contributed by atoms with E-state index in [1.807, 2.05) is 6.08 Å². The molecule has 0 aromatic rings. The normalized spacial score (nSPS) is 23.3. The lowest BCUT2D eigenvalue weighted by atomic mass is 9.85. The maximum atomic E-state index is 11.3. The first-order valence-electron chi connectivity index (χ1n) is 4.71. The largest absolute Gasteiger partial charge is 0.299 e. The molecule has 0 spiro atoms. The Balaban J connectivity index is 2.29. The molecule has 0 bridgehead atoms. The summed E-state index contributed by atoms with van der Waals surface area (Å²) in [5.74, 6) is 0.807. The number of hydrogen-bond donors (Lipinski definition) is 0. The Kier molecular flexibility index (Phi) is 3.83. The lowest BCUT2D eigenvalue weighted by Gasteiger charge is -2.19. The predicted octanol–water partition coefficient (Wildman–Crippen LogP) is 2.87. The Labute approximate surface area is 74.2 Å². The van der Waals surface area contributed by atoms with Gasteiger partial charge in [-0.05, 0) is 31.8 Å². The SMILES string of the molecule is C=C=CCCC1CCCCC1=O. The maximum absolute atomic E-state index is 11.3. The van der Waals surface area contributed by atoms with Crippen molar-refractivity contribution in [2.24, 2.45) is 5.92 Å². The molecule has 1 saturated carbocycles. The van der Waals surface area contributed by atoms with Crippen molar-refractivity contribution >= 4 is 5.78 Å². The maximum Gasteiger partial charge on any atom is 0.135 e. The highest BCUT2D eigenvalue weighted by Crippen LogP contribution is 2.24. The fourth-order valence-electron chi connectivity index (χ4n) is 1.75. The first-order valence-corrected chi connectivity index (χ1v) is 4.71. The fraction of sp³-hybridized carbons (Fsp3) is 0.636. The Morgan fingerprint density at radius 3 is 3.08 bits per heavy atom. The smallest absolute Gasteiger partial charge is 0.135 e. The molecule has 0 saturated heterocycles. The van der Waals surface area contributed by atoms with Crippen LogP contribution in [0, 0.1) is 5.92 Å². The molecule has 1 atom stereocenters. The van der Waals surface area contributed by atoms with Gasteiger partial charge in [0.1, 0.15) is 5.78 Å². The summed E-state index contributed by atoms with van der Waals surface area (Å²) in [6, 6.07) is 0. The summed E-state index contributed by atoms with van der Waals surface area (Å²) in [4.78, 5) is 11.3. The van der Waals surface area contributed by atoms with Crippen LogP contribution in [0.25, 0.3) is 0 Å². The molecule has 1 heteroatoms. The van der Waals surface area contributed by atoms with E-state index in [2.05, 4.69) is 12.3 Å². The van der Waals surface area contributed by atoms with Gasteiger partial charge in [-0.25, -0.2) is 0 Å². The molecule has 0 N–H and O–H groups in total. The third-order valence-electron chi connectivity index (χ3n) is 2.48. The van der Waals surface area contributed by atoms with Crippen LogP contribution in [-0.2, 0) is 4.79 Å². The average Bonchev–Trinajstić information content (AvgIpc) is 2.09. The van der Waals surface area contributed by atoms with Crippen LogP contribution in [0.3, 0.4) is 0 Å². The van der Waals surface area contributed by atoms with E-state index in [0.29, 0.717) is 11.7 Å². The molecular weight excluding hydrogens is 148 g/mol. The van der Waals surface area contributed by atoms with Crippen LogP contribution < -0.4 is 0 Å². The Hall–Kier alpha value is -0.810. The summed E-state index contributed by atoms with van der Waals surface area (Å²) in [7, 11) is 0. The van der Waals surface area contributed by atoms with E-state index in [1.54, 1.807) is 0 Å². The van der Waals surface area contributed by atoms with Gasteiger partial charge < -0.3 is 0 Å². The molecule has 1 aliphatic rings. The minimum atomic E-state index is 0.336. The molecule has 0 amide bonds. The molecule has 0 aromatic carbocycles. The summed E-state index contributed by atoms with van der Waals surface area (Å²) >= 11 is 0. The first-order chi connectivity index (χ1) is 5.84. The number of hydrogen-bond acceptors (Lipinski definition) is 1. The predicted molar refractivity (Wildman–Crippen MR) is 49.9 cm³/mol. The molecule has 1 nitrogen and oxygen atoms in total. The van der Waals surface area contributed by atoms with Gasteiger partial charge in [0.05, 0.1) is 0 Å². The van der Waals surface area contributed by atoms with Gasteiger partial charge in [0.25, 0.3) is 0 Å². The van der Waals surface area contributed by atoms with Gasteiger partial charge in [-0.3, -0.25) is 4.79 Å². The topological polar surface area (TPSA) is 17.1 Å². The van der Waals surface area contributed by atoms with E-state index in [4.69, 9.17) is 0 Å². The Morgan fingerprint density at radius 1 is 1.58 bits per heavy atom. The molecule has 1 unspecified atom stereocenters. The van der Waals surface area contributed by atoms with Gasteiger partial charge >= 0.3 is 0 Å². The van der Waals surface area contributed by atoms with E-state index in [-0.39, 0.29) is 0 Å². The molecule has 0 radical (unpaired) electrons. The van der Waals surface area contributed by atoms with Crippen molar-refractivity contribution in [2.45, 2.75) is 38.5 Å². The lowest BCUT2D eigenvalue weighted by Crippen LogP contribution is -2.18. The van der Waals surface area contributed by atoms with Crippen LogP contribution in [0.15, 0.2) is 18.4 Å². The van der Waals surface area contributed by atoms with Crippen molar-refractivity contribution in [2.75, 3.05) is 0 Å². The molecule has 66 valence electrons. The minimum absolute atomic E-state index is 0.336. The molecule has 0 heterocycles. The van der Waals surface area contributed by atoms with Crippen LogP contribution in [0.5, 0.6) is 0 Å². The Morgan fingerprint density at radius 2 is 2.42 bits per heavy atom. The van der Waals surface area contributed by atoms with Gasteiger partial charge in [-0.1, -0.05) is 13.0 Å². The van der Waals surface area contributed by atoms with E-state index >= 15 is 0 Å². The van der Waals surface area contributed by atoms with Crippen LogP contribution in [0.4, 0.5) is 0 Å². The van der Waals surface area contributed by atoms with Crippen molar-refractivity contribution in [1.29, 1.82) is 0 Å². The standard InChI is InChI=1S/C11H16O/c1-2-3-4-7-10-8-5-6-9-11(10)12/h3,10H,1,4-9H2. The average molecular weight is 164 g/mol. The van der Waals surface area contributed by atoms with E-state index in [0.717, 1.165) is 32.1 Å². The van der Waals surface area contributed by atoms with Crippen molar-refractivity contribution in [3.8, 4) is 0 Å². The summed E-state index contributed by atoms with van der Waals surface area (Å²) in [5.41, 5.74) is 2.74. The zero-order chi connectivity index (χ0) is 8.81. The van der Waals surface area contributed by atoms with Crippen molar-refractivity contribution in [3.05, 3.63) is 18.4 Å². The summed E-state index contributed by atoms with van der Waals surface area (Å²) in [6.45, 7) is 3.50. The minimum Gasteiger partial charge on any atom is -0.299 e. The highest BCUT2D eigenvalue weighted by molar-refractivity contribution is 5.81. The molecule has 0 aromatic heterocycles. The van der Waals surface area contributed by atoms with Gasteiger partial charge in [0.15, 0.2) is 0 Å². The molecule has 1 fully saturated rings. The molecule has 0 aliphatic heterocycles. The van der Waals surface area contributed by atoms with Gasteiger partial charge in [-0.2, -0.15) is 0 Å². The summed E-state index contributed by atoms with van der Waals surface area (Å²) in [5, 5.41) is 0. The lowest BCUT2D eigenvalue weighted by molar-refractivity contribution is -0.124. The summed E-state index contributed by atoms with van der Waals surface area (Å²) in [6.07, 6.45) is 8.12. The Bertz CT molecular complexity index is 199. The van der Waals surface area contributed by atoms with Gasteiger partial charge in [0, 0.05) is 12.3 Å². The quantitative estimate of drug-likeness (QED) is 0.586. The van der Waals surface area contributed by atoms with E-state index in [9.17, 15) is 4.79 Å². The zero-order valence-corrected chi connectivity index (χ0v) is 7.51. The highest BCUT2D eigenvalue weighted by Gasteiger charge is 2.20. The van der Waals surface area contributed by atoms with Crippen LogP contribution in [0.2, 0.25) is 0 Å². The van der Waals surface area contributed by atoms with Crippen molar-refractivity contribution in [3.63, 3.8) is 0 Å². The van der Waals surface area contributed by atoms with Gasteiger partial charge in [0.2, 0.25) is 0 Å². The number of carbonyl (C=O) groups is 1. The number of ketones is 1. The first kappa shape index (κ1) is 9.28. The number of carbonyl (C=O) groups excluding carboxylic acids is 1. The van der Waals surface area contributed by atoms with Gasteiger partial charge in [-0.15, -0.1) is 5.73 Å². The fourth-order valence-corrected chi connectivity index (χ4v) is 1.75. The van der Waals surface area contributed by atoms with E-state index < -0.39 is 0 Å². The summed E-state index contributed by atoms with van der Waals surface area (Å²) < 4.78 is 0. The molecule has 1 rings (SSSR count). The molecule has 12 heavy (non-hydrogen) atoms. The second kappa shape index (κ2) is 4.95. The number of allylic oxidation sites excluding steroid dienone is 1. The van der Waals surface area contributed by atoms with Crippen LogP contribution >= 0.6 is 0 Å². The number of Topliss-reactive ketones (excluding diaryl/α,β-unsaturated/α-hetero) is 1. The van der Waals surface area contributed by atoms with Crippen molar-refractivity contribution < 1.29 is 4.79 Å². The zero-order valence-electron chi connectivity index (χ0n) is 7.51. The second-order valence-corrected chi connectivity index (χ2v) is 3.39. The highest BCUT2D eigenvalue weighted by atomic mass is 16.1. The second-order valence-electron chi connectivity index (χ2n) is 3.39. The molecular formula is C11H16O. The van der Waals surface area contributed by atoms with Crippen LogP contribution in [0.1, 0.15) is 38.5 Å². The van der Waals surface area contributed by atoms with Crippen LogP contribution in [-0.4, -0.2) is 5.78 Å². The third-order valence-corrected chi connectivity index (χ3v) is 2.48. The van der Waals surface area contributed by atoms with Crippen molar-refractivity contribution in [1.82, 2.24) is 0 Å². The van der Waals surface area contributed by atoms with E-state index in [1.165, 1.54) is 6.42 Å². The number of rotatable bonds is 3. The molecule has 1 aliphatic carbocycles. The monoisotopic (exact) mass is 164 g/mol. The third kappa shape index (κ3) is 2.67.